The van der Waals surface area contributed by atoms with Crippen LogP contribution in [0.5, 0.6) is 0 Å². The zero-order valence-corrected chi connectivity index (χ0v) is 15.3. The summed E-state index contributed by atoms with van der Waals surface area (Å²) in [6.07, 6.45) is 4.40. The molecule has 0 unspecified atom stereocenters. The van der Waals surface area contributed by atoms with Crippen molar-refractivity contribution in [3.63, 3.8) is 0 Å². The number of amides is 2. The molecule has 2 heterocycles. The van der Waals surface area contributed by atoms with Gasteiger partial charge in [0, 0.05) is 45.7 Å². The number of carbonyl (C=O) groups is 2. The van der Waals surface area contributed by atoms with E-state index in [9.17, 15) is 14.0 Å². The molecule has 5 nitrogen and oxygen atoms in total. The van der Waals surface area contributed by atoms with E-state index < -0.39 is 0 Å². The highest BCUT2D eigenvalue weighted by atomic mass is 19.1. The summed E-state index contributed by atoms with van der Waals surface area (Å²) in [5, 5.41) is 0. The Balaban J connectivity index is 1.38. The molecule has 1 aromatic rings. The third-order valence-electron chi connectivity index (χ3n) is 5.31. The summed E-state index contributed by atoms with van der Waals surface area (Å²) in [6, 6.07) is 6.42. The summed E-state index contributed by atoms with van der Waals surface area (Å²) in [5.41, 5.74) is 0.851. The summed E-state index contributed by atoms with van der Waals surface area (Å²) >= 11 is 0. The van der Waals surface area contributed by atoms with Crippen molar-refractivity contribution in [2.24, 2.45) is 0 Å². The molecule has 26 heavy (non-hydrogen) atoms. The van der Waals surface area contributed by atoms with Gasteiger partial charge in [-0.05, 0) is 43.4 Å². The van der Waals surface area contributed by atoms with Crippen LogP contribution in [-0.2, 0) is 16.0 Å². The lowest BCUT2D eigenvalue weighted by atomic mass is 10.1. The van der Waals surface area contributed by atoms with Crippen LogP contribution in [0.2, 0.25) is 0 Å². The van der Waals surface area contributed by atoms with Gasteiger partial charge in [0.25, 0.3) is 0 Å². The average molecular weight is 361 g/mol. The topological polar surface area (TPSA) is 43.9 Å². The van der Waals surface area contributed by atoms with Gasteiger partial charge in [-0.1, -0.05) is 12.1 Å². The van der Waals surface area contributed by atoms with Gasteiger partial charge >= 0.3 is 0 Å². The molecule has 2 fully saturated rings. The van der Waals surface area contributed by atoms with E-state index in [2.05, 4.69) is 4.90 Å². The van der Waals surface area contributed by atoms with Crippen LogP contribution in [0.3, 0.4) is 0 Å². The summed E-state index contributed by atoms with van der Waals surface area (Å²) in [5.74, 6) is 0.0637. The van der Waals surface area contributed by atoms with Gasteiger partial charge in [-0.2, -0.15) is 0 Å². The number of piperazine rings is 1. The molecule has 2 saturated heterocycles. The number of nitrogens with zero attached hydrogens (tertiary/aromatic N) is 3. The molecule has 0 N–H and O–H groups in total. The second kappa shape index (κ2) is 9.12. The van der Waals surface area contributed by atoms with Crippen LogP contribution in [0.25, 0.3) is 0 Å². The van der Waals surface area contributed by atoms with Crippen LogP contribution in [0, 0.1) is 5.82 Å². The summed E-state index contributed by atoms with van der Waals surface area (Å²) in [4.78, 5) is 30.7. The lowest BCUT2D eigenvalue weighted by Gasteiger charge is -2.36. The van der Waals surface area contributed by atoms with Gasteiger partial charge in [0.05, 0.1) is 6.54 Å². The molecule has 3 rings (SSSR count). The molecule has 0 saturated carbocycles. The van der Waals surface area contributed by atoms with Crippen LogP contribution < -0.4 is 0 Å². The van der Waals surface area contributed by atoms with Crippen molar-refractivity contribution < 1.29 is 14.0 Å². The summed E-state index contributed by atoms with van der Waals surface area (Å²) in [6.45, 7) is 5.04. The maximum absolute atomic E-state index is 13.2. The number of rotatable bonds is 5. The Morgan fingerprint density at radius 2 is 1.58 bits per heavy atom. The molecule has 0 bridgehead atoms. The first-order valence-corrected chi connectivity index (χ1v) is 9.64. The van der Waals surface area contributed by atoms with Crippen LogP contribution in [0.4, 0.5) is 4.39 Å². The average Bonchev–Trinajstić information content (AvgIpc) is 2.67. The van der Waals surface area contributed by atoms with E-state index in [0.717, 1.165) is 44.6 Å². The largest absolute Gasteiger partial charge is 0.342 e. The van der Waals surface area contributed by atoms with Gasteiger partial charge in [-0.15, -0.1) is 0 Å². The predicted molar refractivity (Wildman–Crippen MR) is 98.2 cm³/mol. The number of piperidine rings is 1. The number of aryl methyl sites for hydroxylation is 1. The van der Waals surface area contributed by atoms with E-state index >= 15 is 0 Å². The Hall–Kier alpha value is -1.95. The van der Waals surface area contributed by atoms with Crippen molar-refractivity contribution in [3.05, 3.63) is 35.6 Å². The molecular weight excluding hydrogens is 333 g/mol. The van der Waals surface area contributed by atoms with E-state index in [1.807, 2.05) is 15.9 Å². The number of hydrogen-bond donors (Lipinski definition) is 0. The fourth-order valence-electron chi connectivity index (χ4n) is 3.69. The van der Waals surface area contributed by atoms with Gasteiger partial charge < -0.3 is 9.80 Å². The highest BCUT2D eigenvalue weighted by molar-refractivity contribution is 5.78. The van der Waals surface area contributed by atoms with Crippen molar-refractivity contribution in [1.82, 2.24) is 14.7 Å². The number of carbonyl (C=O) groups excluding carboxylic acids is 2. The molecule has 0 spiro atoms. The third-order valence-corrected chi connectivity index (χ3v) is 5.31. The monoisotopic (exact) mass is 361 g/mol. The molecule has 1 aromatic carbocycles. The van der Waals surface area contributed by atoms with E-state index in [1.165, 1.54) is 18.6 Å². The molecule has 2 aliphatic rings. The SMILES string of the molecule is O=C(CCc1cccc(F)c1)N1CCN(CC(=O)N2CCCCC2)CC1. The Morgan fingerprint density at radius 1 is 0.885 bits per heavy atom. The van der Waals surface area contributed by atoms with Crippen molar-refractivity contribution in [2.75, 3.05) is 45.8 Å². The molecule has 0 aliphatic carbocycles. The maximum atomic E-state index is 13.2. The van der Waals surface area contributed by atoms with E-state index in [0.29, 0.717) is 32.5 Å². The Morgan fingerprint density at radius 3 is 2.27 bits per heavy atom. The Kier molecular flexibility index (Phi) is 6.61. The molecule has 0 aromatic heterocycles. The number of likely N-dealkylation sites (tertiary alicyclic amines) is 1. The number of benzene rings is 1. The fourth-order valence-corrected chi connectivity index (χ4v) is 3.69. The minimum absolute atomic E-state index is 0.108. The summed E-state index contributed by atoms with van der Waals surface area (Å²) in [7, 11) is 0. The third kappa shape index (κ3) is 5.27. The highest BCUT2D eigenvalue weighted by Gasteiger charge is 2.24. The van der Waals surface area contributed by atoms with Gasteiger partial charge in [-0.25, -0.2) is 4.39 Å². The Bertz CT molecular complexity index is 623. The quantitative estimate of drug-likeness (QED) is 0.805. The molecule has 6 heteroatoms. The van der Waals surface area contributed by atoms with Gasteiger partial charge in [0.15, 0.2) is 0 Å². The van der Waals surface area contributed by atoms with Gasteiger partial charge in [-0.3, -0.25) is 14.5 Å². The number of halogens is 1. The first-order valence-electron chi connectivity index (χ1n) is 9.64. The minimum atomic E-state index is -0.262. The number of hydrogen-bond acceptors (Lipinski definition) is 3. The van der Waals surface area contributed by atoms with Crippen LogP contribution in [0.1, 0.15) is 31.2 Å². The molecule has 2 aliphatic heterocycles. The van der Waals surface area contributed by atoms with Crippen molar-refractivity contribution in [3.8, 4) is 0 Å². The molecule has 142 valence electrons. The summed E-state index contributed by atoms with van der Waals surface area (Å²) < 4.78 is 13.2. The minimum Gasteiger partial charge on any atom is -0.342 e. The standard InChI is InChI=1S/C20H28FN3O2/c21-18-6-4-5-17(15-18)7-8-19(25)24-13-11-22(12-14-24)16-20(26)23-9-2-1-3-10-23/h4-6,15H,1-3,7-14,16H2. The second-order valence-corrected chi connectivity index (χ2v) is 7.23. The van der Waals surface area contributed by atoms with Crippen molar-refractivity contribution >= 4 is 11.8 Å². The first-order chi connectivity index (χ1) is 12.6. The zero-order valence-electron chi connectivity index (χ0n) is 15.3. The van der Waals surface area contributed by atoms with Gasteiger partial charge in [0.1, 0.15) is 5.82 Å². The van der Waals surface area contributed by atoms with E-state index in [4.69, 9.17) is 0 Å². The van der Waals surface area contributed by atoms with Crippen molar-refractivity contribution in [1.29, 1.82) is 0 Å². The molecule has 0 radical (unpaired) electrons. The van der Waals surface area contributed by atoms with Crippen LogP contribution in [-0.4, -0.2) is 72.3 Å². The predicted octanol–water partition coefficient (Wildman–Crippen LogP) is 1.91. The first kappa shape index (κ1) is 18.8. The zero-order chi connectivity index (χ0) is 18.4. The fraction of sp³-hybridized carbons (Fsp3) is 0.600. The van der Waals surface area contributed by atoms with Crippen LogP contribution in [0.15, 0.2) is 24.3 Å². The molecule has 2 amide bonds. The van der Waals surface area contributed by atoms with E-state index in [-0.39, 0.29) is 17.6 Å². The second-order valence-electron chi connectivity index (χ2n) is 7.23. The highest BCUT2D eigenvalue weighted by Crippen LogP contribution is 2.12. The molecular formula is C20H28FN3O2. The van der Waals surface area contributed by atoms with Gasteiger partial charge in [0.2, 0.25) is 11.8 Å². The Labute approximate surface area is 154 Å². The van der Waals surface area contributed by atoms with Crippen LogP contribution >= 0.6 is 0 Å². The molecule has 0 atom stereocenters. The van der Waals surface area contributed by atoms with E-state index in [1.54, 1.807) is 6.07 Å². The lowest BCUT2D eigenvalue weighted by molar-refractivity contribution is -0.135. The van der Waals surface area contributed by atoms with Crippen molar-refractivity contribution in [2.45, 2.75) is 32.1 Å². The maximum Gasteiger partial charge on any atom is 0.236 e. The smallest absolute Gasteiger partial charge is 0.236 e. The normalized spacial score (nSPS) is 18.8. The lowest BCUT2D eigenvalue weighted by Crippen LogP contribution is -2.52.